The number of aryl methyl sites for hydroxylation is 1. The molecule has 3 aromatic heterocycles. The van der Waals surface area contributed by atoms with Crippen LogP contribution in [-0.4, -0.2) is 27.0 Å². The van der Waals surface area contributed by atoms with Crippen LogP contribution < -0.4 is 61.9 Å². The minimum atomic E-state index is -2.79. The zero-order chi connectivity index (χ0) is 25.7. The van der Waals surface area contributed by atoms with Crippen LogP contribution in [0.2, 0.25) is 0 Å². The van der Waals surface area contributed by atoms with E-state index in [1.807, 2.05) is 0 Å². The van der Waals surface area contributed by atoms with Crippen molar-refractivity contribution in [3.8, 4) is 28.3 Å². The van der Waals surface area contributed by atoms with E-state index in [2.05, 4.69) is 25.4 Å². The van der Waals surface area contributed by atoms with Gasteiger partial charge in [-0.1, -0.05) is 12.6 Å². The van der Waals surface area contributed by atoms with Crippen molar-refractivity contribution < 1.29 is 74.1 Å². The number of benzene rings is 1. The van der Waals surface area contributed by atoms with E-state index in [-0.39, 0.29) is 76.4 Å². The summed E-state index contributed by atoms with van der Waals surface area (Å²) in [7, 11) is 1.45. The quantitative estimate of drug-likeness (QED) is 0.260. The number of rotatable bonds is 9. The van der Waals surface area contributed by atoms with Gasteiger partial charge in [-0.2, -0.15) is 4.98 Å². The van der Waals surface area contributed by atoms with Crippen LogP contribution in [0.4, 0.5) is 19.1 Å². The maximum absolute atomic E-state index is 13.6. The first-order chi connectivity index (χ1) is 17.3. The summed E-state index contributed by atoms with van der Waals surface area (Å²) in [5.74, 6) is -0.486. The molecule has 4 aromatic rings. The number of nitrogens with zero attached hydrogens (tertiary/aromatic N) is 5. The van der Waals surface area contributed by atoms with Gasteiger partial charge in [0.15, 0.2) is 0 Å². The number of hydrogen-bond acceptors (Lipinski definition) is 7. The van der Waals surface area contributed by atoms with Gasteiger partial charge in [0, 0.05) is 24.1 Å². The van der Waals surface area contributed by atoms with Gasteiger partial charge in [-0.3, -0.25) is 9.97 Å². The Morgan fingerprint density at radius 2 is 1.68 bits per heavy atom. The average Bonchev–Trinajstić information content (AvgIpc) is 2.86. The summed E-state index contributed by atoms with van der Waals surface area (Å²) in [6, 6.07) is 13.8. The van der Waals surface area contributed by atoms with Crippen LogP contribution in [0.1, 0.15) is 29.2 Å². The van der Waals surface area contributed by atoms with Crippen LogP contribution in [0.5, 0.6) is 5.88 Å². The largest absolute Gasteiger partial charge is 1.00 e. The Hall–Kier alpha value is -2.45. The van der Waals surface area contributed by atoms with Gasteiger partial charge in [0.25, 0.3) is 6.43 Å². The Morgan fingerprint density at radius 3 is 2.38 bits per heavy atom. The molecule has 0 spiro atoms. The fourth-order valence-corrected chi connectivity index (χ4v) is 3.56. The molecule has 0 radical (unpaired) electrons. The summed E-state index contributed by atoms with van der Waals surface area (Å²) in [6.07, 6.45) is -2.79. The van der Waals surface area contributed by atoms with Gasteiger partial charge in [0.05, 0.1) is 17.0 Å². The minimum Gasteiger partial charge on any atom is -0.529 e. The number of alkyl halides is 2. The second kappa shape index (κ2) is 13.4. The molecule has 0 aliphatic heterocycles. The summed E-state index contributed by atoms with van der Waals surface area (Å²) in [5.41, 5.74) is 12.5. The molecule has 4 rings (SSSR count). The van der Waals surface area contributed by atoms with E-state index < -0.39 is 17.9 Å². The molecule has 0 saturated carbocycles. The molecule has 0 fully saturated rings. The van der Waals surface area contributed by atoms with Gasteiger partial charge in [0.1, 0.15) is 18.1 Å². The number of nitrogens with two attached hydrogens (primary N) is 1. The first-order valence-corrected chi connectivity index (χ1v) is 10.8. The number of pyridine rings is 2. The van der Waals surface area contributed by atoms with Crippen molar-refractivity contribution in [3.05, 3.63) is 88.7 Å². The Bertz CT molecular complexity index is 1360. The van der Waals surface area contributed by atoms with Crippen molar-refractivity contribution in [2.24, 2.45) is 0 Å². The Labute approximate surface area is 254 Å². The topological polar surface area (TPSA) is 110 Å². The van der Waals surface area contributed by atoms with E-state index in [0.717, 1.165) is 0 Å². The number of halogens is 3. The molecule has 0 unspecified atom stereocenters. The van der Waals surface area contributed by atoms with Gasteiger partial charge in [-0.15, -0.1) is 0 Å². The van der Waals surface area contributed by atoms with Crippen LogP contribution in [0.3, 0.4) is 0 Å². The first kappa shape index (κ1) is 29.1. The summed E-state index contributed by atoms with van der Waals surface area (Å²) in [5, 5.41) is 0. The van der Waals surface area contributed by atoms with E-state index in [1.54, 1.807) is 31.2 Å². The van der Waals surface area contributed by atoms with Crippen LogP contribution in [0.25, 0.3) is 27.9 Å². The zero-order valence-electron chi connectivity index (χ0n) is 20.5. The van der Waals surface area contributed by atoms with Gasteiger partial charge < -0.3 is 20.8 Å². The predicted molar refractivity (Wildman–Crippen MR) is 127 cm³/mol. The Balaban J connectivity index is 0.00000380. The molecule has 1 aromatic carbocycles. The molecule has 0 saturated heterocycles. The van der Waals surface area contributed by atoms with Crippen molar-refractivity contribution in [1.29, 1.82) is 0 Å². The van der Waals surface area contributed by atoms with Crippen LogP contribution in [-0.2, 0) is 18.0 Å². The minimum absolute atomic E-state index is 0. The number of ether oxygens (including phenoxy) is 1. The van der Waals surface area contributed by atoms with E-state index >= 15 is 0 Å². The third-order valence-corrected chi connectivity index (χ3v) is 5.07. The number of nitrogen functional groups attached to an aromatic ring is 1. The predicted octanol–water partition coefficient (Wildman–Crippen LogP) is 2.59. The van der Waals surface area contributed by atoms with E-state index in [4.69, 9.17) is 15.3 Å². The SMILES string of the molecule is CO[N-]Cc1cccc(COc2nc(N)nc(-c3ccc(F)cc3)c2-c2cc(C)nc(C(F)F)c2)n1.[K+]. The summed E-state index contributed by atoms with van der Waals surface area (Å²) >= 11 is 0. The third-order valence-electron chi connectivity index (χ3n) is 5.07. The zero-order valence-corrected chi connectivity index (χ0v) is 23.6. The Kier molecular flexibility index (Phi) is 10.5. The molecule has 186 valence electrons. The molecule has 2 N–H and O–H groups in total. The molecule has 3 heterocycles. The average molecular weight is 535 g/mol. The van der Waals surface area contributed by atoms with Crippen molar-refractivity contribution in [1.82, 2.24) is 19.9 Å². The van der Waals surface area contributed by atoms with Crippen molar-refractivity contribution in [3.63, 3.8) is 0 Å². The number of hydrogen-bond donors (Lipinski definition) is 1. The molecule has 0 aliphatic carbocycles. The fourth-order valence-electron chi connectivity index (χ4n) is 3.56. The molecule has 0 amide bonds. The molecular formula is C25H22F3KN6O2. The standard InChI is InChI=1S/C25H22F3N6O2.K/c1-14-10-16(11-20(31-14)23(27)28)21-22(15-6-8-17(26)9-7-15)33-25(29)34-24(21)36-13-19-5-3-4-18(32-19)12-30-35-2;/h3-11,23H,12-13H2,1-2H3,(H2,29,33,34);/q-1;+1. The second-order valence-corrected chi connectivity index (χ2v) is 7.72. The van der Waals surface area contributed by atoms with Crippen molar-refractivity contribution in [2.45, 2.75) is 26.5 Å². The fraction of sp³-hybridized carbons (Fsp3) is 0.200. The maximum atomic E-state index is 13.6. The van der Waals surface area contributed by atoms with Crippen LogP contribution in [0, 0.1) is 12.7 Å². The van der Waals surface area contributed by atoms with Gasteiger partial charge in [0.2, 0.25) is 11.8 Å². The van der Waals surface area contributed by atoms with Crippen LogP contribution >= 0.6 is 0 Å². The monoisotopic (exact) mass is 534 g/mol. The summed E-state index contributed by atoms with van der Waals surface area (Å²) in [6.45, 7) is 1.86. The summed E-state index contributed by atoms with van der Waals surface area (Å²) < 4.78 is 46.7. The number of aromatic nitrogens is 4. The first-order valence-electron chi connectivity index (χ1n) is 10.8. The van der Waals surface area contributed by atoms with Gasteiger partial charge in [-0.05, 0) is 61.0 Å². The molecule has 0 atom stereocenters. The molecule has 8 nitrogen and oxygen atoms in total. The normalized spacial score (nSPS) is 10.9. The van der Waals surface area contributed by atoms with Crippen molar-refractivity contribution in [2.75, 3.05) is 12.8 Å². The number of hydroxylamine groups is 1. The molecular weight excluding hydrogens is 512 g/mol. The second-order valence-electron chi connectivity index (χ2n) is 7.72. The molecule has 0 aliphatic rings. The van der Waals surface area contributed by atoms with Crippen LogP contribution in [0.15, 0.2) is 54.6 Å². The van der Waals surface area contributed by atoms with E-state index in [0.29, 0.717) is 39.5 Å². The van der Waals surface area contributed by atoms with E-state index in [9.17, 15) is 13.2 Å². The Morgan fingerprint density at radius 1 is 0.946 bits per heavy atom. The molecule has 37 heavy (non-hydrogen) atoms. The van der Waals surface area contributed by atoms with Crippen molar-refractivity contribution >= 4 is 5.95 Å². The number of anilines is 1. The summed E-state index contributed by atoms with van der Waals surface area (Å²) in [4.78, 5) is 21.7. The molecule has 0 bridgehead atoms. The smallest absolute Gasteiger partial charge is 0.529 e. The van der Waals surface area contributed by atoms with Gasteiger partial charge >= 0.3 is 51.4 Å². The van der Waals surface area contributed by atoms with Gasteiger partial charge in [-0.25, -0.2) is 18.2 Å². The maximum Gasteiger partial charge on any atom is 1.00 e. The van der Waals surface area contributed by atoms with E-state index in [1.165, 1.54) is 37.4 Å². The third kappa shape index (κ3) is 7.54. The molecule has 12 heteroatoms.